The van der Waals surface area contributed by atoms with Gasteiger partial charge in [-0.25, -0.2) is 4.99 Å². The number of ether oxygens (including phenoxy) is 1. The summed E-state index contributed by atoms with van der Waals surface area (Å²) in [5.74, 6) is 0.459. The fourth-order valence-corrected chi connectivity index (χ4v) is 1.88. The molecule has 0 spiro atoms. The summed E-state index contributed by atoms with van der Waals surface area (Å²) in [5, 5.41) is 6.07. The highest BCUT2D eigenvalue weighted by atomic mass is 19.3. The number of unbranched alkanes of at least 4 members (excludes halogenated alkanes) is 1. The van der Waals surface area contributed by atoms with E-state index < -0.39 is 6.61 Å². The van der Waals surface area contributed by atoms with E-state index in [0.717, 1.165) is 12.8 Å². The van der Waals surface area contributed by atoms with Crippen LogP contribution in [0.15, 0.2) is 29.3 Å². The molecular formula is C17H26F2N4O2. The molecule has 0 aliphatic rings. The Morgan fingerprint density at radius 1 is 1.28 bits per heavy atom. The number of halogens is 2. The van der Waals surface area contributed by atoms with Gasteiger partial charge in [-0.3, -0.25) is 4.79 Å². The SMILES string of the molecule is CCCCNC(=NCc1ccccc1OC(F)F)NCC(=O)N(C)C. The number of amides is 1. The Bertz CT molecular complexity index is 565. The van der Waals surface area contributed by atoms with Gasteiger partial charge in [0, 0.05) is 26.2 Å². The van der Waals surface area contributed by atoms with Crippen LogP contribution in [0.1, 0.15) is 25.3 Å². The minimum absolute atomic E-state index is 0.0913. The fraction of sp³-hybridized carbons (Fsp3) is 0.529. The Morgan fingerprint density at radius 3 is 2.64 bits per heavy atom. The van der Waals surface area contributed by atoms with Gasteiger partial charge in [-0.05, 0) is 12.5 Å². The molecule has 0 fully saturated rings. The normalized spacial score (nSPS) is 11.4. The number of benzene rings is 1. The molecule has 0 unspecified atom stereocenters. The zero-order valence-corrected chi connectivity index (χ0v) is 14.9. The quantitative estimate of drug-likeness (QED) is 0.404. The molecule has 0 atom stereocenters. The zero-order valence-electron chi connectivity index (χ0n) is 14.9. The van der Waals surface area contributed by atoms with E-state index in [-0.39, 0.29) is 24.7 Å². The molecule has 140 valence electrons. The highest BCUT2D eigenvalue weighted by molar-refractivity contribution is 5.86. The summed E-state index contributed by atoms with van der Waals surface area (Å²) in [7, 11) is 3.34. The summed E-state index contributed by atoms with van der Waals surface area (Å²) in [6.07, 6.45) is 1.97. The number of alkyl halides is 2. The van der Waals surface area contributed by atoms with Gasteiger partial charge in [0.1, 0.15) is 5.75 Å². The summed E-state index contributed by atoms with van der Waals surface area (Å²) in [6, 6.07) is 6.51. The maximum Gasteiger partial charge on any atom is 0.387 e. The maximum atomic E-state index is 12.5. The Kier molecular flexibility index (Phi) is 9.28. The van der Waals surface area contributed by atoms with Crippen molar-refractivity contribution in [1.82, 2.24) is 15.5 Å². The van der Waals surface area contributed by atoms with E-state index in [1.807, 2.05) is 0 Å². The number of carbonyl (C=O) groups excluding carboxylic acids is 1. The zero-order chi connectivity index (χ0) is 18.7. The lowest BCUT2D eigenvalue weighted by Crippen LogP contribution is -2.43. The highest BCUT2D eigenvalue weighted by Crippen LogP contribution is 2.20. The summed E-state index contributed by atoms with van der Waals surface area (Å²) in [6.45, 7) is 0.136. The molecule has 1 aromatic rings. The number of likely N-dealkylation sites (N-methyl/N-ethyl adjacent to an activating group) is 1. The van der Waals surface area contributed by atoms with Crippen LogP contribution in [0.2, 0.25) is 0 Å². The molecule has 6 nitrogen and oxygen atoms in total. The molecular weight excluding hydrogens is 330 g/mol. The molecule has 25 heavy (non-hydrogen) atoms. The van der Waals surface area contributed by atoms with Crippen LogP contribution in [0.3, 0.4) is 0 Å². The van der Waals surface area contributed by atoms with Crippen molar-refractivity contribution in [3.63, 3.8) is 0 Å². The van der Waals surface area contributed by atoms with E-state index in [4.69, 9.17) is 0 Å². The molecule has 1 aromatic carbocycles. The van der Waals surface area contributed by atoms with Crippen LogP contribution in [0.25, 0.3) is 0 Å². The lowest BCUT2D eigenvalue weighted by molar-refractivity contribution is -0.127. The van der Waals surface area contributed by atoms with E-state index in [0.29, 0.717) is 18.1 Å². The van der Waals surface area contributed by atoms with Crippen molar-refractivity contribution in [3.05, 3.63) is 29.8 Å². The summed E-state index contributed by atoms with van der Waals surface area (Å²) >= 11 is 0. The molecule has 0 aliphatic heterocycles. The van der Waals surface area contributed by atoms with Gasteiger partial charge in [-0.15, -0.1) is 0 Å². The predicted octanol–water partition coefficient (Wildman–Crippen LogP) is 2.21. The number of para-hydroxylation sites is 1. The minimum atomic E-state index is -2.89. The van der Waals surface area contributed by atoms with Crippen molar-refractivity contribution in [3.8, 4) is 5.75 Å². The van der Waals surface area contributed by atoms with Gasteiger partial charge < -0.3 is 20.3 Å². The number of rotatable bonds is 9. The van der Waals surface area contributed by atoms with E-state index in [1.54, 1.807) is 32.3 Å². The average Bonchev–Trinajstić information content (AvgIpc) is 2.57. The molecule has 0 heterocycles. The first-order chi connectivity index (χ1) is 11.9. The number of aliphatic imine (C=N–C) groups is 1. The van der Waals surface area contributed by atoms with E-state index in [9.17, 15) is 13.6 Å². The lowest BCUT2D eigenvalue weighted by Gasteiger charge is -2.15. The van der Waals surface area contributed by atoms with Crippen molar-refractivity contribution < 1.29 is 18.3 Å². The van der Waals surface area contributed by atoms with Gasteiger partial charge in [0.05, 0.1) is 13.1 Å². The third-order valence-electron chi connectivity index (χ3n) is 3.32. The third kappa shape index (κ3) is 8.32. The number of guanidine groups is 1. The van der Waals surface area contributed by atoms with Crippen LogP contribution < -0.4 is 15.4 Å². The predicted molar refractivity (Wildman–Crippen MR) is 93.8 cm³/mol. The fourth-order valence-electron chi connectivity index (χ4n) is 1.88. The monoisotopic (exact) mass is 356 g/mol. The Morgan fingerprint density at radius 2 is 2.00 bits per heavy atom. The summed E-state index contributed by atoms with van der Waals surface area (Å²) < 4.78 is 29.4. The summed E-state index contributed by atoms with van der Waals surface area (Å²) in [5.41, 5.74) is 0.540. The number of hydrogen-bond donors (Lipinski definition) is 2. The first-order valence-corrected chi connectivity index (χ1v) is 8.19. The third-order valence-corrected chi connectivity index (χ3v) is 3.32. The van der Waals surface area contributed by atoms with Crippen LogP contribution in [-0.4, -0.2) is 50.6 Å². The van der Waals surface area contributed by atoms with Crippen molar-refractivity contribution >= 4 is 11.9 Å². The molecule has 2 N–H and O–H groups in total. The molecule has 0 bridgehead atoms. The maximum absolute atomic E-state index is 12.5. The smallest absolute Gasteiger partial charge is 0.387 e. The van der Waals surface area contributed by atoms with Crippen LogP contribution in [0, 0.1) is 0 Å². The lowest BCUT2D eigenvalue weighted by atomic mass is 10.2. The largest absolute Gasteiger partial charge is 0.434 e. The number of nitrogens with one attached hydrogen (secondary N) is 2. The van der Waals surface area contributed by atoms with Gasteiger partial charge >= 0.3 is 6.61 Å². The van der Waals surface area contributed by atoms with Gasteiger partial charge in [0.2, 0.25) is 5.91 Å². The number of hydrogen-bond acceptors (Lipinski definition) is 3. The molecule has 0 saturated carbocycles. The second-order valence-corrected chi connectivity index (χ2v) is 5.57. The van der Waals surface area contributed by atoms with Crippen LogP contribution in [-0.2, 0) is 11.3 Å². The molecule has 8 heteroatoms. The first kappa shape index (κ1) is 20.7. The standard InChI is InChI=1S/C17H26F2N4O2/c1-4-5-10-20-17(22-12-15(24)23(2)3)21-11-13-8-6-7-9-14(13)25-16(18)19/h6-9,16H,4-5,10-12H2,1-3H3,(H2,20,21,22). The minimum Gasteiger partial charge on any atom is -0.434 e. The Labute approximate surface area is 147 Å². The van der Waals surface area contributed by atoms with Crippen LogP contribution in [0.5, 0.6) is 5.75 Å². The number of carbonyl (C=O) groups is 1. The van der Waals surface area contributed by atoms with Gasteiger partial charge in [-0.1, -0.05) is 31.5 Å². The number of nitrogens with zero attached hydrogens (tertiary/aromatic N) is 2. The van der Waals surface area contributed by atoms with Crippen molar-refractivity contribution in [1.29, 1.82) is 0 Å². The van der Waals surface area contributed by atoms with Crippen LogP contribution in [0.4, 0.5) is 8.78 Å². The molecule has 1 rings (SSSR count). The second kappa shape index (κ2) is 11.2. The molecule has 0 saturated heterocycles. The van der Waals surface area contributed by atoms with Crippen molar-refractivity contribution in [2.45, 2.75) is 32.9 Å². The Hall–Kier alpha value is -2.38. The van der Waals surface area contributed by atoms with Crippen LogP contribution >= 0.6 is 0 Å². The average molecular weight is 356 g/mol. The van der Waals surface area contributed by atoms with Gasteiger partial charge in [0.25, 0.3) is 0 Å². The van der Waals surface area contributed by atoms with Crippen molar-refractivity contribution in [2.24, 2.45) is 4.99 Å². The molecule has 0 radical (unpaired) electrons. The molecule has 0 aliphatic carbocycles. The highest BCUT2D eigenvalue weighted by Gasteiger charge is 2.10. The Balaban J connectivity index is 2.78. The van der Waals surface area contributed by atoms with Gasteiger partial charge in [0.15, 0.2) is 5.96 Å². The molecule has 1 amide bonds. The molecule has 0 aromatic heterocycles. The summed E-state index contributed by atoms with van der Waals surface area (Å²) in [4.78, 5) is 17.5. The van der Waals surface area contributed by atoms with E-state index >= 15 is 0 Å². The van der Waals surface area contributed by atoms with E-state index in [2.05, 4.69) is 27.3 Å². The van der Waals surface area contributed by atoms with Crippen molar-refractivity contribution in [2.75, 3.05) is 27.2 Å². The first-order valence-electron chi connectivity index (χ1n) is 8.19. The second-order valence-electron chi connectivity index (χ2n) is 5.57. The van der Waals surface area contributed by atoms with E-state index in [1.165, 1.54) is 11.0 Å². The van der Waals surface area contributed by atoms with Gasteiger partial charge in [-0.2, -0.15) is 8.78 Å². The topological polar surface area (TPSA) is 66.0 Å².